The molecule has 4 aromatic heterocycles. The second-order valence-electron chi connectivity index (χ2n) is 7.60. The van der Waals surface area contributed by atoms with Crippen LogP contribution in [0.15, 0.2) is 32.2 Å². The molecule has 4 aromatic rings. The molecule has 1 aliphatic rings. The lowest BCUT2D eigenvalue weighted by Gasteiger charge is -2.34. The number of nitrogens with one attached hydrogen (secondary N) is 1. The molecule has 0 spiro atoms. The van der Waals surface area contributed by atoms with Crippen LogP contribution in [0.1, 0.15) is 21.9 Å². The van der Waals surface area contributed by atoms with E-state index in [0.717, 1.165) is 5.56 Å². The first kappa shape index (κ1) is 19.6. The number of aromatic amines is 1. The number of hydrogen-bond donors (Lipinski definition) is 1. The van der Waals surface area contributed by atoms with Crippen LogP contribution < -0.4 is 5.56 Å². The minimum atomic E-state index is -0.301. The highest BCUT2D eigenvalue weighted by Crippen LogP contribution is 2.20. The Balaban J connectivity index is 1.27. The van der Waals surface area contributed by atoms with Gasteiger partial charge in [-0.1, -0.05) is 5.16 Å². The number of piperazine rings is 1. The summed E-state index contributed by atoms with van der Waals surface area (Å²) < 4.78 is 6.94. The maximum absolute atomic E-state index is 13.2. The van der Waals surface area contributed by atoms with Crippen LogP contribution in [0.5, 0.6) is 0 Å². The van der Waals surface area contributed by atoms with Crippen LogP contribution in [0.3, 0.4) is 0 Å². The number of thiophene rings is 1. The van der Waals surface area contributed by atoms with Crippen molar-refractivity contribution >= 4 is 28.3 Å². The molecule has 160 valence electrons. The Bertz CT molecular complexity index is 1300. The summed E-state index contributed by atoms with van der Waals surface area (Å²) in [5.41, 5.74) is 2.23. The molecule has 0 aliphatic carbocycles. The van der Waals surface area contributed by atoms with Crippen LogP contribution in [0.4, 0.5) is 0 Å². The smallest absolute Gasteiger partial charge is 0.274 e. The molecular weight excluding hydrogens is 418 g/mol. The third-order valence-corrected chi connectivity index (χ3v) is 6.12. The van der Waals surface area contributed by atoms with Crippen molar-refractivity contribution in [2.45, 2.75) is 13.5 Å². The normalized spacial score (nSPS) is 15.1. The van der Waals surface area contributed by atoms with E-state index in [1.165, 1.54) is 0 Å². The number of aromatic nitrogens is 5. The fraction of sp³-hybridized carbons (Fsp3) is 0.350. The van der Waals surface area contributed by atoms with E-state index in [-0.39, 0.29) is 11.5 Å². The van der Waals surface area contributed by atoms with Gasteiger partial charge in [-0.3, -0.25) is 24.3 Å². The van der Waals surface area contributed by atoms with Gasteiger partial charge in [0.15, 0.2) is 5.65 Å². The average molecular weight is 440 g/mol. The molecule has 1 saturated heterocycles. The van der Waals surface area contributed by atoms with E-state index in [9.17, 15) is 9.59 Å². The molecular formula is C20H21N7O3S. The molecule has 10 nitrogen and oxygen atoms in total. The summed E-state index contributed by atoms with van der Waals surface area (Å²) in [6.45, 7) is 4.83. The lowest BCUT2D eigenvalue weighted by Crippen LogP contribution is -2.48. The molecule has 1 N–H and O–H groups in total. The van der Waals surface area contributed by atoms with Gasteiger partial charge in [0.05, 0.1) is 17.5 Å². The molecule has 0 saturated carbocycles. The summed E-state index contributed by atoms with van der Waals surface area (Å²) in [4.78, 5) is 38.4. The Morgan fingerprint density at radius 1 is 1.26 bits per heavy atom. The minimum absolute atomic E-state index is 0.149. The monoisotopic (exact) mass is 439 g/mol. The standard InChI is InChI=1S/C20H21N7O3S/c1-12-9-14(16-18(21-12)25(2)23-19(16)28)20(29)27-6-4-26(5-7-27)10-15-22-17(24-30-15)13-3-8-31-11-13/h3,8-9,11H,4-7,10H2,1-2H3,(H,23,28). The quantitative estimate of drug-likeness (QED) is 0.514. The van der Waals surface area contributed by atoms with Gasteiger partial charge in [-0.2, -0.15) is 16.3 Å². The summed E-state index contributed by atoms with van der Waals surface area (Å²) in [5, 5.41) is 11.0. The van der Waals surface area contributed by atoms with Crippen LogP contribution in [0.2, 0.25) is 0 Å². The zero-order chi connectivity index (χ0) is 21.5. The third-order valence-electron chi connectivity index (χ3n) is 5.44. The summed E-state index contributed by atoms with van der Waals surface area (Å²) in [5.74, 6) is 1.00. The van der Waals surface area contributed by atoms with Gasteiger partial charge in [0, 0.05) is 49.9 Å². The van der Waals surface area contributed by atoms with Crippen molar-refractivity contribution in [1.29, 1.82) is 0 Å². The maximum atomic E-state index is 13.2. The van der Waals surface area contributed by atoms with E-state index < -0.39 is 0 Å². The maximum Gasteiger partial charge on any atom is 0.274 e. The van der Waals surface area contributed by atoms with E-state index >= 15 is 0 Å². The topological polar surface area (TPSA) is 113 Å². The van der Waals surface area contributed by atoms with Crippen LogP contribution in [-0.2, 0) is 13.6 Å². The van der Waals surface area contributed by atoms with Crippen molar-refractivity contribution in [3.63, 3.8) is 0 Å². The first-order valence-corrected chi connectivity index (χ1v) is 10.9. The Hall–Kier alpha value is -3.31. The van der Waals surface area contributed by atoms with Gasteiger partial charge in [0.2, 0.25) is 11.7 Å². The number of fused-ring (bicyclic) bond motifs is 1. The number of aryl methyl sites for hydroxylation is 2. The van der Waals surface area contributed by atoms with E-state index in [1.807, 2.05) is 23.8 Å². The zero-order valence-electron chi connectivity index (χ0n) is 17.2. The highest BCUT2D eigenvalue weighted by molar-refractivity contribution is 7.08. The SMILES string of the molecule is Cc1cc(C(=O)N2CCN(Cc3nc(-c4ccsc4)no3)CC2)c2c(=O)[nH]n(C)c2n1. The second-order valence-corrected chi connectivity index (χ2v) is 8.38. The largest absolute Gasteiger partial charge is 0.338 e. The van der Waals surface area contributed by atoms with Gasteiger partial charge >= 0.3 is 0 Å². The number of hydrogen-bond acceptors (Lipinski definition) is 8. The van der Waals surface area contributed by atoms with Gasteiger partial charge in [-0.05, 0) is 24.4 Å². The van der Waals surface area contributed by atoms with E-state index in [4.69, 9.17) is 4.52 Å². The molecule has 5 heterocycles. The summed E-state index contributed by atoms with van der Waals surface area (Å²) in [6.07, 6.45) is 0. The molecule has 1 fully saturated rings. The molecule has 0 unspecified atom stereocenters. The fourth-order valence-electron chi connectivity index (χ4n) is 3.85. The van der Waals surface area contributed by atoms with Gasteiger partial charge in [0.25, 0.3) is 11.5 Å². The molecule has 1 aliphatic heterocycles. The average Bonchev–Trinajstić information content (AvgIpc) is 3.49. The summed E-state index contributed by atoms with van der Waals surface area (Å²) in [7, 11) is 1.71. The van der Waals surface area contributed by atoms with Crippen molar-refractivity contribution in [1.82, 2.24) is 34.7 Å². The molecule has 31 heavy (non-hydrogen) atoms. The van der Waals surface area contributed by atoms with Gasteiger partial charge in [-0.15, -0.1) is 0 Å². The predicted molar refractivity (Wildman–Crippen MR) is 115 cm³/mol. The lowest BCUT2D eigenvalue weighted by atomic mass is 10.1. The Labute approximate surface area is 181 Å². The molecule has 11 heteroatoms. The molecule has 0 atom stereocenters. The first-order valence-electron chi connectivity index (χ1n) is 9.93. The lowest BCUT2D eigenvalue weighted by molar-refractivity contribution is 0.0617. The number of H-pyrrole nitrogens is 1. The molecule has 5 rings (SSSR count). The van der Waals surface area contributed by atoms with E-state index in [2.05, 4.69) is 25.1 Å². The zero-order valence-corrected chi connectivity index (χ0v) is 18.0. The molecule has 0 radical (unpaired) electrons. The highest BCUT2D eigenvalue weighted by Gasteiger charge is 2.26. The Morgan fingerprint density at radius 2 is 2.06 bits per heavy atom. The number of rotatable bonds is 4. The number of nitrogens with zero attached hydrogens (tertiary/aromatic N) is 6. The molecule has 0 bridgehead atoms. The van der Waals surface area contributed by atoms with Crippen LogP contribution in [0.25, 0.3) is 22.4 Å². The number of carbonyl (C=O) groups excluding carboxylic acids is 1. The highest BCUT2D eigenvalue weighted by atomic mass is 32.1. The van der Waals surface area contributed by atoms with Crippen molar-refractivity contribution in [2.24, 2.45) is 7.05 Å². The third kappa shape index (κ3) is 3.66. The van der Waals surface area contributed by atoms with Crippen LogP contribution >= 0.6 is 11.3 Å². The van der Waals surface area contributed by atoms with Crippen LogP contribution in [-0.4, -0.2) is 66.8 Å². The Kier molecular flexibility index (Phi) is 4.91. The second kappa shape index (κ2) is 7.75. The Morgan fingerprint density at radius 3 is 2.81 bits per heavy atom. The van der Waals surface area contributed by atoms with Gasteiger partial charge in [0.1, 0.15) is 0 Å². The molecule has 0 aromatic carbocycles. The van der Waals surface area contributed by atoms with Gasteiger partial charge < -0.3 is 9.42 Å². The van der Waals surface area contributed by atoms with Crippen LogP contribution in [0, 0.1) is 6.92 Å². The fourth-order valence-corrected chi connectivity index (χ4v) is 4.49. The first-order chi connectivity index (χ1) is 15.0. The number of amides is 1. The predicted octanol–water partition coefficient (Wildman–Crippen LogP) is 1.64. The van der Waals surface area contributed by atoms with Crippen molar-refractivity contribution in [2.75, 3.05) is 26.2 Å². The number of pyridine rings is 1. The van der Waals surface area contributed by atoms with E-state index in [0.29, 0.717) is 66.7 Å². The number of carbonyl (C=O) groups is 1. The van der Waals surface area contributed by atoms with E-state index in [1.54, 1.807) is 34.0 Å². The van der Waals surface area contributed by atoms with Gasteiger partial charge in [-0.25, -0.2) is 4.98 Å². The molecule has 1 amide bonds. The summed E-state index contributed by atoms with van der Waals surface area (Å²) in [6, 6.07) is 3.65. The van der Waals surface area contributed by atoms with Crippen molar-refractivity contribution < 1.29 is 9.32 Å². The minimum Gasteiger partial charge on any atom is -0.338 e. The van der Waals surface area contributed by atoms with Crippen molar-refractivity contribution in [3.8, 4) is 11.4 Å². The van der Waals surface area contributed by atoms with Crippen molar-refractivity contribution in [3.05, 3.63) is 50.4 Å². The summed E-state index contributed by atoms with van der Waals surface area (Å²) >= 11 is 1.59.